The van der Waals surface area contributed by atoms with Gasteiger partial charge in [-0.25, -0.2) is 0 Å². The number of likely N-dealkylation sites (tertiary alicyclic amines) is 1. The van der Waals surface area contributed by atoms with Crippen molar-refractivity contribution in [1.82, 2.24) is 10.2 Å². The van der Waals surface area contributed by atoms with E-state index in [1.807, 2.05) is 18.2 Å². The van der Waals surface area contributed by atoms with Crippen LogP contribution in [0.15, 0.2) is 72.8 Å². The lowest BCUT2D eigenvalue weighted by atomic mass is 9.76. The molecule has 0 spiro atoms. The number of nitrogens with zero attached hydrogens (tertiary/aromatic N) is 1. The van der Waals surface area contributed by atoms with E-state index in [9.17, 15) is 4.79 Å². The lowest BCUT2D eigenvalue weighted by Crippen LogP contribution is -2.49. The maximum atomic E-state index is 12.1. The summed E-state index contributed by atoms with van der Waals surface area (Å²) < 4.78 is 11.7. The lowest BCUT2D eigenvalue weighted by molar-refractivity contribution is 0.0570. The maximum Gasteiger partial charge on any atom is 0.252 e. The molecule has 1 amide bonds. The van der Waals surface area contributed by atoms with Crippen molar-refractivity contribution in [2.75, 3.05) is 26.8 Å². The summed E-state index contributed by atoms with van der Waals surface area (Å²) in [7, 11) is 1.70. The molecule has 3 aromatic carbocycles. The van der Waals surface area contributed by atoms with Crippen molar-refractivity contribution >= 4 is 5.91 Å². The molecular weight excluding hydrogens is 436 g/mol. The largest absolute Gasteiger partial charge is 0.497 e. The number of methoxy groups -OCH3 is 1. The van der Waals surface area contributed by atoms with Crippen LogP contribution >= 0.6 is 0 Å². The zero-order valence-electron chi connectivity index (χ0n) is 20.6. The quantitative estimate of drug-likeness (QED) is 0.500. The van der Waals surface area contributed by atoms with E-state index in [1.54, 1.807) is 7.11 Å². The van der Waals surface area contributed by atoms with E-state index in [4.69, 9.17) is 9.47 Å². The third kappa shape index (κ3) is 5.20. The molecule has 1 saturated heterocycles. The molecule has 5 nitrogen and oxygen atoms in total. The third-order valence-electron chi connectivity index (χ3n) is 7.72. The molecule has 35 heavy (non-hydrogen) atoms. The van der Waals surface area contributed by atoms with E-state index in [-0.39, 0.29) is 5.91 Å². The van der Waals surface area contributed by atoms with Crippen molar-refractivity contribution in [2.24, 2.45) is 5.92 Å². The Morgan fingerprint density at radius 1 is 1.00 bits per heavy atom. The molecule has 2 aliphatic heterocycles. The molecule has 1 fully saturated rings. The Kier molecular flexibility index (Phi) is 7.05. The fraction of sp³-hybridized carbons (Fsp3) is 0.367. The van der Waals surface area contributed by atoms with Crippen molar-refractivity contribution in [2.45, 2.75) is 38.3 Å². The Hall–Kier alpha value is -3.31. The monoisotopic (exact) mass is 470 g/mol. The summed E-state index contributed by atoms with van der Waals surface area (Å²) in [6.07, 6.45) is 2.14. The van der Waals surface area contributed by atoms with Gasteiger partial charge < -0.3 is 14.8 Å². The minimum Gasteiger partial charge on any atom is -0.497 e. The van der Waals surface area contributed by atoms with Gasteiger partial charge in [-0.3, -0.25) is 9.69 Å². The highest BCUT2D eigenvalue weighted by molar-refractivity contribution is 5.98. The third-order valence-corrected chi connectivity index (χ3v) is 7.72. The van der Waals surface area contributed by atoms with E-state index in [1.165, 1.54) is 11.1 Å². The average Bonchev–Trinajstić information content (AvgIpc) is 3.27. The highest BCUT2D eigenvalue weighted by atomic mass is 16.5. The van der Waals surface area contributed by atoms with Crippen molar-refractivity contribution in [3.8, 4) is 11.5 Å². The van der Waals surface area contributed by atoms with Crippen LogP contribution in [0.2, 0.25) is 0 Å². The summed E-state index contributed by atoms with van der Waals surface area (Å²) in [5.41, 5.74) is 4.48. The van der Waals surface area contributed by atoms with Crippen LogP contribution in [0, 0.1) is 5.92 Å². The van der Waals surface area contributed by atoms with Gasteiger partial charge in [0, 0.05) is 30.6 Å². The number of fused-ring (bicyclic) bond motifs is 1. The van der Waals surface area contributed by atoms with Gasteiger partial charge in [0.25, 0.3) is 5.91 Å². The standard InChI is InChI=1S/C30H34N2O3/c1-21-29(20-35-26-13-10-24-19-31-30(33)28(24)18-26)27(23-8-11-25(34-2)12-9-23)15-17-32(21)16-14-22-6-4-3-5-7-22/h3-13,18,21,27,29H,14-17,19-20H2,1-2H3,(H,31,33). The van der Waals surface area contributed by atoms with Crippen molar-refractivity contribution in [1.29, 1.82) is 0 Å². The zero-order chi connectivity index (χ0) is 24.2. The molecule has 0 bridgehead atoms. The number of ether oxygens (including phenoxy) is 2. The molecule has 2 heterocycles. The first-order valence-corrected chi connectivity index (χ1v) is 12.6. The highest BCUT2D eigenvalue weighted by Gasteiger charge is 2.36. The van der Waals surface area contributed by atoms with Gasteiger partial charge in [-0.1, -0.05) is 48.5 Å². The smallest absolute Gasteiger partial charge is 0.252 e. The molecule has 182 valence electrons. The van der Waals surface area contributed by atoms with Gasteiger partial charge in [0.2, 0.25) is 0 Å². The number of benzene rings is 3. The lowest BCUT2D eigenvalue weighted by Gasteiger charge is -2.44. The van der Waals surface area contributed by atoms with Gasteiger partial charge in [-0.15, -0.1) is 0 Å². The Morgan fingerprint density at radius 2 is 1.77 bits per heavy atom. The zero-order valence-corrected chi connectivity index (χ0v) is 20.6. The van der Waals surface area contributed by atoms with Crippen LogP contribution in [0.5, 0.6) is 11.5 Å². The molecule has 3 unspecified atom stereocenters. The Bertz CT molecular complexity index is 1150. The second kappa shape index (κ2) is 10.5. The molecular formula is C30H34N2O3. The summed E-state index contributed by atoms with van der Waals surface area (Å²) in [6.45, 7) is 5.66. The topological polar surface area (TPSA) is 50.8 Å². The van der Waals surface area contributed by atoms with E-state index < -0.39 is 0 Å². The number of carbonyl (C=O) groups is 1. The molecule has 0 aromatic heterocycles. The molecule has 0 aliphatic carbocycles. The molecule has 3 atom stereocenters. The maximum absolute atomic E-state index is 12.1. The van der Waals surface area contributed by atoms with Gasteiger partial charge >= 0.3 is 0 Å². The van der Waals surface area contributed by atoms with Gasteiger partial charge in [0.05, 0.1) is 13.7 Å². The molecule has 5 rings (SSSR count). The number of hydrogen-bond donors (Lipinski definition) is 1. The van der Waals surface area contributed by atoms with E-state index in [2.05, 4.69) is 71.7 Å². The number of amides is 1. The molecule has 0 saturated carbocycles. The molecule has 3 aromatic rings. The van der Waals surface area contributed by atoms with Crippen molar-refractivity contribution in [3.05, 3.63) is 95.1 Å². The van der Waals surface area contributed by atoms with Crippen LogP contribution in [-0.2, 0) is 13.0 Å². The minimum atomic E-state index is -0.0142. The van der Waals surface area contributed by atoms with Crippen molar-refractivity contribution in [3.63, 3.8) is 0 Å². The first-order valence-electron chi connectivity index (χ1n) is 12.6. The van der Waals surface area contributed by atoms with Crippen molar-refractivity contribution < 1.29 is 14.3 Å². The van der Waals surface area contributed by atoms with Gasteiger partial charge in [0.1, 0.15) is 11.5 Å². The second-order valence-electron chi connectivity index (χ2n) is 9.66. The molecule has 0 radical (unpaired) electrons. The summed E-state index contributed by atoms with van der Waals surface area (Å²) in [5.74, 6) is 2.37. The van der Waals surface area contributed by atoms with Crippen LogP contribution in [0.4, 0.5) is 0 Å². The predicted octanol–water partition coefficient (Wildman–Crippen LogP) is 5.05. The molecule has 5 heteroatoms. The summed E-state index contributed by atoms with van der Waals surface area (Å²) >= 11 is 0. The Labute approximate surface area is 208 Å². The fourth-order valence-electron chi connectivity index (χ4n) is 5.56. The summed E-state index contributed by atoms with van der Waals surface area (Å²) in [5, 5.41) is 2.88. The normalized spacial score (nSPS) is 21.9. The first-order chi connectivity index (χ1) is 17.1. The minimum absolute atomic E-state index is 0.0142. The van der Waals surface area contributed by atoms with Crippen LogP contribution in [-0.4, -0.2) is 43.7 Å². The van der Waals surface area contributed by atoms with E-state index in [0.717, 1.165) is 48.6 Å². The molecule has 1 N–H and O–H groups in total. The summed E-state index contributed by atoms with van der Waals surface area (Å²) in [4.78, 5) is 14.7. The Morgan fingerprint density at radius 3 is 2.54 bits per heavy atom. The molecule has 2 aliphatic rings. The van der Waals surface area contributed by atoms with Crippen LogP contribution < -0.4 is 14.8 Å². The van der Waals surface area contributed by atoms with Crippen LogP contribution in [0.1, 0.15) is 46.3 Å². The fourth-order valence-corrected chi connectivity index (χ4v) is 5.56. The highest BCUT2D eigenvalue weighted by Crippen LogP contribution is 2.38. The summed E-state index contributed by atoms with van der Waals surface area (Å²) in [6, 6.07) is 25.5. The first kappa shape index (κ1) is 23.4. The number of hydrogen-bond acceptors (Lipinski definition) is 4. The van der Waals surface area contributed by atoms with Crippen LogP contribution in [0.25, 0.3) is 0 Å². The van der Waals surface area contributed by atoms with Crippen LogP contribution in [0.3, 0.4) is 0 Å². The van der Waals surface area contributed by atoms with E-state index >= 15 is 0 Å². The van der Waals surface area contributed by atoms with Gasteiger partial charge in [0.15, 0.2) is 0 Å². The Balaban J connectivity index is 1.33. The number of nitrogens with one attached hydrogen (secondary N) is 1. The number of piperidine rings is 1. The van der Waals surface area contributed by atoms with Gasteiger partial charge in [-0.05, 0) is 73.2 Å². The average molecular weight is 471 g/mol. The second-order valence-corrected chi connectivity index (χ2v) is 9.66. The SMILES string of the molecule is COc1ccc(C2CCN(CCc3ccccc3)C(C)C2COc2ccc3c(c2)C(=O)NC3)cc1. The number of rotatable bonds is 8. The predicted molar refractivity (Wildman–Crippen MR) is 138 cm³/mol. The van der Waals surface area contributed by atoms with Gasteiger partial charge in [-0.2, -0.15) is 0 Å². The number of carbonyl (C=O) groups excluding carboxylic acids is 1. The van der Waals surface area contributed by atoms with E-state index in [0.29, 0.717) is 31.0 Å².